The van der Waals surface area contributed by atoms with Crippen molar-refractivity contribution in [2.75, 3.05) is 0 Å². The predicted molar refractivity (Wildman–Crippen MR) is 45.6 cm³/mol. The molecule has 1 heterocycles. The van der Waals surface area contributed by atoms with Gasteiger partial charge in [0.1, 0.15) is 5.76 Å². The molecule has 64 valence electrons. The van der Waals surface area contributed by atoms with Crippen molar-refractivity contribution in [3.05, 3.63) is 23.5 Å². The number of ether oxygens (including phenoxy) is 1. The maximum atomic E-state index is 11.7. The second-order valence-corrected chi connectivity index (χ2v) is 3.44. The van der Waals surface area contributed by atoms with Gasteiger partial charge in [-0.3, -0.25) is 4.79 Å². The lowest BCUT2D eigenvalue weighted by Crippen LogP contribution is -2.32. The van der Waals surface area contributed by atoms with Gasteiger partial charge in [-0.2, -0.15) is 0 Å². The first-order chi connectivity index (χ1) is 5.66. The van der Waals surface area contributed by atoms with Crippen LogP contribution in [0.4, 0.5) is 0 Å². The third-order valence-electron chi connectivity index (χ3n) is 2.66. The Balaban J connectivity index is 2.37. The Morgan fingerprint density at radius 3 is 2.67 bits per heavy atom. The van der Waals surface area contributed by atoms with Crippen LogP contribution in [0.2, 0.25) is 0 Å². The zero-order valence-corrected chi connectivity index (χ0v) is 7.39. The van der Waals surface area contributed by atoms with Crippen LogP contribution in [0.1, 0.15) is 26.7 Å². The second-order valence-electron chi connectivity index (χ2n) is 3.44. The lowest BCUT2D eigenvalue weighted by Gasteiger charge is -2.19. The van der Waals surface area contributed by atoms with Gasteiger partial charge in [0.15, 0.2) is 5.60 Å². The fraction of sp³-hybridized carbons (Fsp3) is 0.500. The topological polar surface area (TPSA) is 26.3 Å². The first-order valence-corrected chi connectivity index (χ1v) is 4.25. The SMILES string of the molecule is CC1=C(C)C(=O)C2(C=CCC2)O1. The van der Waals surface area contributed by atoms with E-state index in [-0.39, 0.29) is 5.78 Å². The number of ketones is 1. The zero-order chi connectivity index (χ0) is 8.77. The van der Waals surface area contributed by atoms with Gasteiger partial charge >= 0.3 is 0 Å². The first kappa shape index (κ1) is 7.59. The van der Waals surface area contributed by atoms with Gasteiger partial charge in [-0.1, -0.05) is 6.08 Å². The maximum absolute atomic E-state index is 11.7. The highest BCUT2D eigenvalue weighted by Gasteiger charge is 2.45. The van der Waals surface area contributed by atoms with E-state index >= 15 is 0 Å². The first-order valence-electron chi connectivity index (χ1n) is 4.25. The Morgan fingerprint density at radius 2 is 2.25 bits per heavy atom. The molecule has 0 aromatic heterocycles. The molecule has 2 rings (SSSR count). The third-order valence-corrected chi connectivity index (χ3v) is 2.66. The molecular weight excluding hydrogens is 152 g/mol. The normalized spacial score (nSPS) is 33.7. The number of allylic oxidation sites excluding steroid dienone is 2. The molecule has 0 N–H and O–H groups in total. The van der Waals surface area contributed by atoms with Crippen molar-refractivity contribution < 1.29 is 9.53 Å². The summed E-state index contributed by atoms with van der Waals surface area (Å²) in [5.74, 6) is 0.931. The molecule has 0 aromatic carbocycles. The minimum Gasteiger partial charge on any atom is -0.479 e. The third kappa shape index (κ3) is 0.779. The van der Waals surface area contributed by atoms with Crippen molar-refractivity contribution in [2.24, 2.45) is 0 Å². The molecule has 12 heavy (non-hydrogen) atoms. The van der Waals surface area contributed by atoms with Crippen LogP contribution in [0.15, 0.2) is 23.5 Å². The molecule has 0 fully saturated rings. The van der Waals surface area contributed by atoms with E-state index in [9.17, 15) is 4.79 Å². The number of carbonyl (C=O) groups is 1. The number of rotatable bonds is 0. The minimum absolute atomic E-state index is 0.147. The van der Waals surface area contributed by atoms with E-state index in [1.165, 1.54) is 0 Å². The molecule has 0 aromatic rings. The fourth-order valence-electron chi connectivity index (χ4n) is 1.80. The Hall–Kier alpha value is -1.05. The monoisotopic (exact) mass is 164 g/mol. The van der Waals surface area contributed by atoms with Crippen molar-refractivity contribution in [3.63, 3.8) is 0 Å². The molecule has 0 saturated heterocycles. The van der Waals surface area contributed by atoms with Crippen molar-refractivity contribution in [1.29, 1.82) is 0 Å². The van der Waals surface area contributed by atoms with E-state index in [0.717, 1.165) is 24.2 Å². The molecule has 1 aliphatic carbocycles. The van der Waals surface area contributed by atoms with Crippen molar-refractivity contribution in [3.8, 4) is 0 Å². The quantitative estimate of drug-likeness (QED) is 0.511. The summed E-state index contributed by atoms with van der Waals surface area (Å²) in [5, 5.41) is 0. The summed E-state index contributed by atoms with van der Waals surface area (Å²) in [6, 6.07) is 0. The molecule has 1 atom stereocenters. The summed E-state index contributed by atoms with van der Waals surface area (Å²) in [5.41, 5.74) is 0.176. The van der Waals surface area contributed by atoms with E-state index in [0.29, 0.717) is 0 Å². The molecule has 1 aliphatic heterocycles. The van der Waals surface area contributed by atoms with Crippen molar-refractivity contribution in [1.82, 2.24) is 0 Å². The largest absolute Gasteiger partial charge is 0.479 e. The van der Waals surface area contributed by atoms with Gasteiger partial charge in [-0.05, 0) is 26.3 Å². The number of hydrogen-bond donors (Lipinski definition) is 0. The van der Waals surface area contributed by atoms with Crippen LogP contribution in [-0.4, -0.2) is 11.4 Å². The van der Waals surface area contributed by atoms with E-state index in [1.54, 1.807) is 0 Å². The van der Waals surface area contributed by atoms with Crippen LogP contribution in [0.5, 0.6) is 0 Å². The van der Waals surface area contributed by atoms with E-state index in [2.05, 4.69) is 0 Å². The lowest BCUT2D eigenvalue weighted by atomic mass is 9.95. The minimum atomic E-state index is -0.603. The van der Waals surface area contributed by atoms with Gasteiger partial charge in [-0.25, -0.2) is 0 Å². The molecule has 0 radical (unpaired) electrons. The average Bonchev–Trinajstić information content (AvgIpc) is 2.57. The van der Waals surface area contributed by atoms with Gasteiger partial charge in [0, 0.05) is 12.0 Å². The van der Waals surface area contributed by atoms with E-state index in [1.807, 2.05) is 26.0 Å². The Labute approximate surface area is 71.9 Å². The molecule has 2 nitrogen and oxygen atoms in total. The Bertz CT molecular complexity index is 299. The molecule has 2 heteroatoms. The highest BCUT2D eigenvalue weighted by molar-refractivity contribution is 6.05. The summed E-state index contributed by atoms with van der Waals surface area (Å²) >= 11 is 0. The van der Waals surface area contributed by atoms with Crippen LogP contribution in [-0.2, 0) is 9.53 Å². The van der Waals surface area contributed by atoms with Gasteiger partial charge in [0.05, 0.1) is 0 Å². The smallest absolute Gasteiger partial charge is 0.209 e. The standard InChI is InChI=1S/C10H12O2/c1-7-8(2)12-10(9(7)11)5-3-4-6-10/h3,5H,4,6H2,1-2H3. The number of carbonyl (C=O) groups excluding carboxylic acids is 1. The van der Waals surface area contributed by atoms with Gasteiger partial charge < -0.3 is 4.74 Å². The lowest BCUT2D eigenvalue weighted by molar-refractivity contribution is -0.126. The number of hydrogen-bond acceptors (Lipinski definition) is 2. The van der Waals surface area contributed by atoms with Crippen LogP contribution in [0.3, 0.4) is 0 Å². The molecule has 2 aliphatic rings. The molecule has 0 amide bonds. The molecule has 1 unspecified atom stereocenters. The fourth-order valence-corrected chi connectivity index (χ4v) is 1.80. The van der Waals surface area contributed by atoms with Crippen LogP contribution in [0, 0.1) is 0 Å². The summed E-state index contributed by atoms with van der Waals surface area (Å²) in [7, 11) is 0. The van der Waals surface area contributed by atoms with Gasteiger partial charge in [0.25, 0.3) is 0 Å². The summed E-state index contributed by atoms with van der Waals surface area (Å²) in [6.45, 7) is 3.69. The highest BCUT2D eigenvalue weighted by Crippen LogP contribution is 2.38. The van der Waals surface area contributed by atoms with Crippen molar-refractivity contribution in [2.45, 2.75) is 32.3 Å². The Kier molecular flexibility index (Phi) is 1.40. The summed E-state index contributed by atoms with van der Waals surface area (Å²) in [6.07, 6.45) is 5.67. The maximum Gasteiger partial charge on any atom is 0.209 e. The van der Waals surface area contributed by atoms with Gasteiger partial charge in [-0.15, -0.1) is 0 Å². The van der Waals surface area contributed by atoms with Gasteiger partial charge in [0.2, 0.25) is 5.78 Å². The van der Waals surface area contributed by atoms with E-state index in [4.69, 9.17) is 4.74 Å². The van der Waals surface area contributed by atoms with Crippen LogP contribution >= 0.6 is 0 Å². The van der Waals surface area contributed by atoms with Crippen LogP contribution < -0.4 is 0 Å². The molecule has 0 saturated carbocycles. The van der Waals surface area contributed by atoms with Crippen LogP contribution in [0.25, 0.3) is 0 Å². The zero-order valence-electron chi connectivity index (χ0n) is 7.39. The summed E-state index contributed by atoms with van der Waals surface area (Å²) in [4.78, 5) is 11.7. The highest BCUT2D eigenvalue weighted by atomic mass is 16.5. The summed E-state index contributed by atoms with van der Waals surface area (Å²) < 4.78 is 5.58. The van der Waals surface area contributed by atoms with E-state index < -0.39 is 5.60 Å². The second kappa shape index (κ2) is 2.22. The molecule has 1 spiro atoms. The molecule has 0 bridgehead atoms. The molecular formula is C10H12O2. The predicted octanol–water partition coefficient (Wildman–Crippen LogP) is 1.97. The average molecular weight is 164 g/mol. The van der Waals surface area contributed by atoms with Crippen molar-refractivity contribution >= 4 is 5.78 Å². The Morgan fingerprint density at radius 1 is 1.50 bits per heavy atom. The number of Topliss-reactive ketones (excluding diaryl/α,β-unsaturated/α-hetero) is 1.